The van der Waals surface area contributed by atoms with E-state index >= 15 is 0 Å². The van der Waals surface area contributed by atoms with E-state index in [9.17, 15) is 13.2 Å². The van der Waals surface area contributed by atoms with Gasteiger partial charge in [-0.25, -0.2) is 0 Å². The van der Waals surface area contributed by atoms with E-state index in [4.69, 9.17) is 10.5 Å². The number of ether oxygens (including phenoxy) is 1. The second kappa shape index (κ2) is 6.07. The standard InChI is InChI=1S/C17H21F3N4O/c18-17(19,20)12-5-1-10(2-6-12)9-25-14-7-15-22-23-16(21)24(15)8-13(14)11-3-4-11/h7-8,10-12H,1-6,9H2,(H2,21,23)/t10-,12-. The number of nitrogens with two attached hydrogens (primary N) is 1. The van der Waals surface area contributed by atoms with E-state index in [1.165, 1.54) is 0 Å². The number of nitrogens with zero attached hydrogens (tertiary/aromatic N) is 3. The van der Waals surface area contributed by atoms with E-state index in [1.54, 1.807) is 4.40 Å². The van der Waals surface area contributed by atoms with Gasteiger partial charge in [0.25, 0.3) is 0 Å². The van der Waals surface area contributed by atoms with Gasteiger partial charge in [0.15, 0.2) is 5.65 Å². The summed E-state index contributed by atoms with van der Waals surface area (Å²) in [5.41, 5.74) is 7.52. The maximum absolute atomic E-state index is 12.8. The number of aromatic nitrogens is 3. The van der Waals surface area contributed by atoms with Gasteiger partial charge in [-0.05, 0) is 50.4 Å². The third-order valence-corrected chi connectivity index (χ3v) is 5.36. The van der Waals surface area contributed by atoms with Crippen LogP contribution in [0.25, 0.3) is 5.65 Å². The zero-order valence-electron chi connectivity index (χ0n) is 13.8. The maximum Gasteiger partial charge on any atom is 0.391 e. The van der Waals surface area contributed by atoms with E-state index in [0.717, 1.165) is 24.2 Å². The number of rotatable bonds is 4. The van der Waals surface area contributed by atoms with Gasteiger partial charge in [-0.3, -0.25) is 4.40 Å². The van der Waals surface area contributed by atoms with Crippen LogP contribution in [-0.4, -0.2) is 27.4 Å². The van der Waals surface area contributed by atoms with E-state index in [-0.39, 0.29) is 18.8 Å². The molecule has 2 aromatic rings. The Balaban J connectivity index is 1.44. The van der Waals surface area contributed by atoms with Crippen LogP contribution in [-0.2, 0) is 0 Å². The van der Waals surface area contributed by atoms with Crippen LogP contribution in [0, 0.1) is 11.8 Å². The number of pyridine rings is 1. The fourth-order valence-electron chi connectivity index (χ4n) is 3.64. The molecule has 2 fully saturated rings. The number of alkyl halides is 3. The number of halogens is 3. The highest BCUT2D eigenvalue weighted by molar-refractivity contribution is 5.53. The molecule has 0 atom stereocenters. The summed E-state index contributed by atoms with van der Waals surface area (Å²) in [5, 5.41) is 7.88. The Bertz CT molecular complexity index is 761. The molecule has 25 heavy (non-hydrogen) atoms. The fraction of sp³-hybridized carbons (Fsp3) is 0.647. The molecule has 136 valence electrons. The number of anilines is 1. The van der Waals surface area contributed by atoms with Crippen LogP contribution in [0.5, 0.6) is 5.75 Å². The molecule has 4 rings (SSSR count). The van der Waals surface area contributed by atoms with Gasteiger partial charge in [0.05, 0.1) is 12.5 Å². The van der Waals surface area contributed by atoms with E-state index in [1.807, 2.05) is 12.3 Å². The number of hydrogen-bond donors (Lipinski definition) is 1. The highest BCUT2D eigenvalue weighted by Gasteiger charge is 2.41. The molecule has 0 amide bonds. The molecule has 0 bridgehead atoms. The minimum atomic E-state index is -4.07. The van der Waals surface area contributed by atoms with Crippen LogP contribution >= 0.6 is 0 Å². The Morgan fingerprint density at radius 3 is 2.48 bits per heavy atom. The monoisotopic (exact) mass is 354 g/mol. The minimum absolute atomic E-state index is 0.171. The molecule has 2 heterocycles. The topological polar surface area (TPSA) is 65.4 Å². The first kappa shape index (κ1) is 16.5. The maximum atomic E-state index is 12.8. The van der Waals surface area contributed by atoms with E-state index in [0.29, 0.717) is 37.0 Å². The zero-order chi connectivity index (χ0) is 17.6. The molecule has 0 aliphatic heterocycles. The van der Waals surface area contributed by atoms with Gasteiger partial charge < -0.3 is 10.5 Å². The van der Waals surface area contributed by atoms with Crippen molar-refractivity contribution in [1.29, 1.82) is 0 Å². The van der Waals surface area contributed by atoms with Gasteiger partial charge in [0.1, 0.15) is 5.75 Å². The first-order chi connectivity index (χ1) is 11.9. The van der Waals surface area contributed by atoms with E-state index < -0.39 is 12.1 Å². The van der Waals surface area contributed by atoms with Crippen LogP contribution in [0.4, 0.5) is 19.1 Å². The van der Waals surface area contributed by atoms with Crippen LogP contribution in [0.1, 0.15) is 50.0 Å². The average molecular weight is 354 g/mol. The highest BCUT2D eigenvalue weighted by atomic mass is 19.4. The Hall–Kier alpha value is -1.99. The van der Waals surface area contributed by atoms with Crippen LogP contribution in [0.15, 0.2) is 12.3 Å². The van der Waals surface area contributed by atoms with Gasteiger partial charge in [0.2, 0.25) is 5.95 Å². The van der Waals surface area contributed by atoms with Crippen molar-refractivity contribution >= 4 is 11.6 Å². The van der Waals surface area contributed by atoms with Crippen molar-refractivity contribution in [3.63, 3.8) is 0 Å². The fourth-order valence-corrected chi connectivity index (χ4v) is 3.64. The third kappa shape index (κ3) is 3.39. The Labute approximate surface area is 143 Å². The molecular formula is C17H21F3N4O. The highest BCUT2D eigenvalue weighted by Crippen LogP contribution is 2.45. The van der Waals surface area contributed by atoms with Gasteiger partial charge in [-0.2, -0.15) is 13.2 Å². The summed E-state index contributed by atoms with van der Waals surface area (Å²) in [5.74, 6) is 0.586. The molecule has 0 saturated heterocycles. The summed E-state index contributed by atoms with van der Waals surface area (Å²) >= 11 is 0. The lowest BCUT2D eigenvalue weighted by molar-refractivity contribution is -0.184. The second-order valence-corrected chi connectivity index (χ2v) is 7.22. The molecule has 8 heteroatoms. The predicted molar refractivity (Wildman–Crippen MR) is 86.4 cm³/mol. The molecule has 2 N–H and O–H groups in total. The first-order valence-electron chi connectivity index (χ1n) is 8.75. The first-order valence-corrected chi connectivity index (χ1v) is 8.75. The van der Waals surface area contributed by atoms with Gasteiger partial charge >= 0.3 is 6.18 Å². The predicted octanol–water partition coefficient (Wildman–Crippen LogP) is 3.94. The summed E-state index contributed by atoms with van der Waals surface area (Å²) in [7, 11) is 0. The minimum Gasteiger partial charge on any atom is -0.493 e. The van der Waals surface area contributed by atoms with Crippen molar-refractivity contribution in [1.82, 2.24) is 14.6 Å². The zero-order valence-corrected chi connectivity index (χ0v) is 13.8. The van der Waals surface area contributed by atoms with Gasteiger partial charge in [0, 0.05) is 17.8 Å². The quantitative estimate of drug-likeness (QED) is 0.903. The molecular weight excluding hydrogens is 333 g/mol. The van der Waals surface area contributed by atoms with Crippen molar-refractivity contribution in [2.75, 3.05) is 12.3 Å². The van der Waals surface area contributed by atoms with E-state index in [2.05, 4.69) is 10.2 Å². The molecule has 0 unspecified atom stereocenters. The van der Waals surface area contributed by atoms with Crippen molar-refractivity contribution < 1.29 is 17.9 Å². The van der Waals surface area contributed by atoms with Crippen molar-refractivity contribution in [3.05, 3.63) is 17.8 Å². The lowest BCUT2D eigenvalue weighted by atomic mass is 9.82. The third-order valence-electron chi connectivity index (χ3n) is 5.36. The van der Waals surface area contributed by atoms with Gasteiger partial charge in [-0.1, -0.05) is 0 Å². The summed E-state index contributed by atoms with van der Waals surface area (Å²) in [6, 6.07) is 1.83. The van der Waals surface area contributed by atoms with Crippen molar-refractivity contribution in [2.24, 2.45) is 11.8 Å². The molecule has 2 aromatic heterocycles. The number of nitrogen functional groups attached to an aromatic ring is 1. The molecule has 2 saturated carbocycles. The van der Waals surface area contributed by atoms with Gasteiger partial charge in [-0.15, -0.1) is 10.2 Å². The summed E-state index contributed by atoms with van der Waals surface area (Å²) in [6.07, 6.45) is 1.61. The SMILES string of the molecule is Nc1nnc2cc(OC[C@H]3CC[C@H](C(F)(F)F)CC3)c(C3CC3)cn12. The summed E-state index contributed by atoms with van der Waals surface area (Å²) in [6.45, 7) is 0.449. The molecule has 2 aliphatic carbocycles. The van der Waals surface area contributed by atoms with Crippen molar-refractivity contribution in [3.8, 4) is 5.75 Å². The van der Waals surface area contributed by atoms with Crippen molar-refractivity contribution in [2.45, 2.75) is 50.6 Å². The Morgan fingerprint density at radius 1 is 1.12 bits per heavy atom. The molecule has 0 radical (unpaired) electrons. The molecule has 0 aromatic carbocycles. The van der Waals surface area contributed by atoms with Crippen LogP contribution < -0.4 is 10.5 Å². The molecule has 0 spiro atoms. The molecule has 2 aliphatic rings. The Morgan fingerprint density at radius 2 is 1.84 bits per heavy atom. The average Bonchev–Trinajstić information content (AvgIpc) is 3.36. The number of fused-ring (bicyclic) bond motifs is 1. The lowest BCUT2D eigenvalue weighted by Crippen LogP contribution is -2.29. The summed E-state index contributed by atoms with van der Waals surface area (Å²) in [4.78, 5) is 0. The van der Waals surface area contributed by atoms with Crippen LogP contribution in [0.2, 0.25) is 0 Å². The molecule has 5 nitrogen and oxygen atoms in total. The summed E-state index contributed by atoms with van der Waals surface area (Å²) < 4.78 is 46.0. The normalized spacial score (nSPS) is 24.6. The lowest BCUT2D eigenvalue weighted by Gasteiger charge is -2.29. The number of hydrogen-bond acceptors (Lipinski definition) is 4. The largest absolute Gasteiger partial charge is 0.493 e. The smallest absolute Gasteiger partial charge is 0.391 e. The Kier molecular flexibility index (Phi) is 4.00. The second-order valence-electron chi connectivity index (χ2n) is 7.22. The van der Waals surface area contributed by atoms with Crippen LogP contribution in [0.3, 0.4) is 0 Å².